The molecule has 1 saturated heterocycles. The van der Waals surface area contributed by atoms with Crippen LogP contribution in [0.2, 0.25) is 0 Å². The Labute approximate surface area is 164 Å². The Morgan fingerprint density at radius 3 is 2.70 bits per heavy atom. The minimum absolute atomic E-state index is 0. The van der Waals surface area contributed by atoms with Crippen LogP contribution in [0.3, 0.4) is 0 Å². The molecule has 0 bridgehead atoms. The van der Waals surface area contributed by atoms with Crippen LogP contribution in [0.4, 0.5) is 0 Å². The first-order valence-electron chi connectivity index (χ1n) is 8.81. The number of rotatable bonds is 6. The van der Waals surface area contributed by atoms with Crippen molar-refractivity contribution in [1.82, 2.24) is 20.4 Å². The van der Waals surface area contributed by atoms with Crippen LogP contribution < -0.4 is 10.6 Å². The van der Waals surface area contributed by atoms with Gasteiger partial charge in [0.2, 0.25) is 5.91 Å². The van der Waals surface area contributed by atoms with E-state index in [4.69, 9.17) is 4.74 Å². The van der Waals surface area contributed by atoms with Gasteiger partial charge in [-0.15, -0.1) is 12.4 Å². The predicted octanol–water partition coefficient (Wildman–Crippen LogP) is 1.57. The fraction of sp³-hybridized carbons (Fsp3) is 0.421. The lowest BCUT2D eigenvalue weighted by Gasteiger charge is -2.22. The van der Waals surface area contributed by atoms with E-state index in [1.165, 1.54) is 0 Å². The molecule has 1 aromatic carbocycles. The Hall–Kier alpha value is -2.38. The van der Waals surface area contributed by atoms with Gasteiger partial charge in [0, 0.05) is 32.3 Å². The van der Waals surface area contributed by atoms with Crippen LogP contribution in [-0.4, -0.2) is 41.4 Å². The second-order valence-corrected chi connectivity index (χ2v) is 6.42. The number of aromatic nitrogens is 2. The molecule has 3 atom stereocenters. The molecule has 0 unspecified atom stereocenters. The molecule has 1 aromatic heterocycles. The average Bonchev–Trinajstić information content (AvgIpc) is 3.29. The highest BCUT2D eigenvalue weighted by Crippen LogP contribution is 2.28. The predicted molar refractivity (Wildman–Crippen MR) is 104 cm³/mol. The summed E-state index contributed by atoms with van der Waals surface area (Å²) in [5.41, 5.74) is 1.73. The minimum Gasteiger partial charge on any atom is -0.464 e. The maximum Gasteiger partial charge on any atom is 0.333 e. The number of ether oxygens (including phenoxy) is 1. The van der Waals surface area contributed by atoms with Gasteiger partial charge in [0.25, 0.3) is 0 Å². The van der Waals surface area contributed by atoms with Crippen molar-refractivity contribution in [3.05, 3.63) is 53.9 Å². The zero-order chi connectivity index (χ0) is 18.5. The van der Waals surface area contributed by atoms with Crippen LogP contribution in [0, 0.1) is 5.92 Å². The standard InChI is InChI=1S/C19H24N4O3.ClH/c1-3-26-19(25)17(13-7-5-4-6-8-13)22-18(24)16-11-20-10-15(16)14-9-21-23(2)12-14;/h4-9,12,15-17,20H,3,10-11H2,1-2H3,(H,22,24);1H/t15-,16+,17-;/m1./s1. The van der Waals surface area contributed by atoms with Crippen molar-refractivity contribution in [2.24, 2.45) is 13.0 Å². The lowest BCUT2D eigenvalue weighted by Crippen LogP contribution is -2.40. The highest BCUT2D eigenvalue weighted by Gasteiger charge is 2.36. The zero-order valence-electron chi connectivity index (χ0n) is 15.4. The van der Waals surface area contributed by atoms with Gasteiger partial charge in [0.05, 0.1) is 18.7 Å². The number of hydrogen-bond donors (Lipinski definition) is 2. The van der Waals surface area contributed by atoms with Gasteiger partial charge >= 0.3 is 5.97 Å². The van der Waals surface area contributed by atoms with Crippen molar-refractivity contribution in [2.45, 2.75) is 18.9 Å². The summed E-state index contributed by atoms with van der Waals surface area (Å²) in [5, 5.41) is 10.3. The van der Waals surface area contributed by atoms with Crippen LogP contribution in [0.15, 0.2) is 42.7 Å². The number of hydrogen-bond acceptors (Lipinski definition) is 5. The number of carbonyl (C=O) groups is 2. The van der Waals surface area contributed by atoms with Gasteiger partial charge in [0.1, 0.15) is 0 Å². The lowest BCUT2D eigenvalue weighted by molar-refractivity contribution is -0.148. The van der Waals surface area contributed by atoms with Crippen molar-refractivity contribution in [1.29, 1.82) is 0 Å². The third-order valence-electron chi connectivity index (χ3n) is 4.65. The van der Waals surface area contributed by atoms with Crippen LogP contribution in [0.5, 0.6) is 0 Å². The molecule has 27 heavy (non-hydrogen) atoms. The molecule has 2 N–H and O–H groups in total. The van der Waals surface area contributed by atoms with Crippen molar-refractivity contribution >= 4 is 24.3 Å². The Morgan fingerprint density at radius 2 is 2.07 bits per heavy atom. The quantitative estimate of drug-likeness (QED) is 0.729. The molecule has 2 heterocycles. The Balaban J connectivity index is 0.00000261. The van der Waals surface area contributed by atoms with E-state index >= 15 is 0 Å². The molecule has 0 saturated carbocycles. The molecule has 1 aliphatic heterocycles. The summed E-state index contributed by atoms with van der Waals surface area (Å²) in [5.74, 6) is -0.844. The van der Waals surface area contributed by atoms with Crippen molar-refractivity contribution in [2.75, 3.05) is 19.7 Å². The molecule has 1 fully saturated rings. The number of esters is 1. The van der Waals surface area contributed by atoms with Gasteiger partial charge in [-0.25, -0.2) is 4.79 Å². The van der Waals surface area contributed by atoms with Crippen molar-refractivity contribution in [3.8, 4) is 0 Å². The number of carbonyl (C=O) groups excluding carboxylic acids is 2. The Bertz CT molecular complexity index is 765. The maximum absolute atomic E-state index is 12.9. The number of benzene rings is 1. The number of nitrogens with one attached hydrogen (secondary N) is 2. The first-order valence-corrected chi connectivity index (χ1v) is 8.81. The molecule has 1 amide bonds. The van der Waals surface area contributed by atoms with Crippen molar-refractivity contribution < 1.29 is 14.3 Å². The molecule has 0 aliphatic carbocycles. The van der Waals surface area contributed by atoms with Crippen LogP contribution in [0.25, 0.3) is 0 Å². The largest absolute Gasteiger partial charge is 0.464 e. The Kier molecular flexibility index (Phi) is 7.38. The monoisotopic (exact) mass is 392 g/mol. The van der Waals surface area contributed by atoms with E-state index in [9.17, 15) is 9.59 Å². The first kappa shape index (κ1) is 20.9. The molecule has 146 valence electrons. The van der Waals surface area contributed by atoms with Gasteiger partial charge in [-0.1, -0.05) is 30.3 Å². The third-order valence-corrected chi connectivity index (χ3v) is 4.65. The van der Waals surface area contributed by atoms with E-state index in [2.05, 4.69) is 15.7 Å². The summed E-state index contributed by atoms with van der Waals surface area (Å²) in [6, 6.07) is 8.36. The van der Waals surface area contributed by atoms with E-state index in [-0.39, 0.29) is 36.8 Å². The fourth-order valence-electron chi connectivity index (χ4n) is 3.33. The minimum atomic E-state index is -0.807. The van der Waals surface area contributed by atoms with E-state index < -0.39 is 12.0 Å². The topological polar surface area (TPSA) is 85.2 Å². The molecule has 7 nitrogen and oxygen atoms in total. The zero-order valence-corrected chi connectivity index (χ0v) is 16.2. The number of nitrogens with zero attached hydrogens (tertiary/aromatic N) is 2. The van der Waals surface area contributed by atoms with Crippen molar-refractivity contribution in [3.63, 3.8) is 0 Å². The van der Waals surface area contributed by atoms with Gasteiger partial charge < -0.3 is 15.4 Å². The normalized spacial score (nSPS) is 19.8. The summed E-state index contributed by atoms with van der Waals surface area (Å²) in [7, 11) is 1.85. The summed E-state index contributed by atoms with van der Waals surface area (Å²) >= 11 is 0. The second-order valence-electron chi connectivity index (χ2n) is 6.42. The first-order chi connectivity index (χ1) is 12.6. The highest BCUT2D eigenvalue weighted by molar-refractivity contribution is 5.87. The second kappa shape index (κ2) is 9.53. The van der Waals surface area contributed by atoms with E-state index in [0.717, 1.165) is 5.56 Å². The fourth-order valence-corrected chi connectivity index (χ4v) is 3.33. The van der Waals surface area contributed by atoms with Gasteiger partial charge in [0.15, 0.2) is 6.04 Å². The highest BCUT2D eigenvalue weighted by atomic mass is 35.5. The number of amides is 1. The van der Waals surface area contributed by atoms with Gasteiger partial charge in [-0.3, -0.25) is 9.48 Å². The number of halogens is 1. The molecular formula is C19H25ClN4O3. The average molecular weight is 393 g/mol. The van der Waals surface area contributed by atoms with Gasteiger partial charge in [-0.2, -0.15) is 5.10 Å². The molecule has 0 spiro atoms. The van der Waals surface area contributed by atoms with E-state index in [0.29, 0.717) is 18.7 Å². The summed E-state index contributed by atoms with van der Waals surface area (Å²) in [6.07, 6.45) is 3.72. The lowest BCUT2D eigenvalue weighted by atomic mass is 9.90. The maximum atomic E-state index is 12.9. The smallest absolute Gasteiger partial charge is 0.333 e. The molecule has 0 radical (unpaired) electrons. The molecular weight excluding hydrogens is 368 g/mol. The summed E-state index contributed by atoms with van der Waals surface area (Å²) < 4.78 is 6.88. The van der Waals surface area contributed by atoms with E-state index in [1.807, 2.05) is 43.6 Å². The molecule has 1 aliphatic rings. The Morgan fingerprint density at radius 1 is 1.33 bits per heavy atom. The van der Waals surface area contributed by atoms with Crippen LogP contribution in [-0.2, 0) is 21.4 Å². The van der Waals surface area contributed by atoms with Crippen LogP contribution >= 0.6 is 12.4 Å². The summed E-state index contributed by atoms with van der Waals surface area (Å²) in [4.78, 5) is 25.3. The van der Waals surface area contributed by atoms with Crippen LogP contribution in [0.1, 0.15) is 30.0 Å². The summed E-state index contributed by atoms with van der Waals surface area (Å²) in [6.45, 7) is 3.29. The molecule has 8 heteroatoms. The molecule has 3 rings (SSSR count). The van der Waals surface area contributed by atoms with Gasteiger partial charge in [-0.05, 0) is 18.1 Å². The number of aryl methyl sites for hydroxylation is 1. The molecule has 2 aromatic rings. The SMILES string of the molecule is CCOC(=O)[C@H](NC(=O)[C@H]1CNC[C@@H]1c1cnn(C)c1)c1ccccc1.Cl. The third kappa shape index (κ3) is 4.87. The van der Waals surface area contributed by atoms with E-state index in [1.54, 1.807) is 17.8 Å².